The van der Waals surface area contributed by atoms with E-state index in [1.807, 2.05) is 12.1 Å². The maximum Gasteiger partial charge on any atom is 0.141 e. The first-order valence-electron chi connectivity index (χ1n) is 5.33. The van der Waals surface area contributed by atoms with E-state index in [0.29, 0.717) is 5.82 Å². The van der Waals surface area contributed by atoms with Gasteiger partial charge in [-0.1, -0.05) is 6.42 Å². The SMILES string of the molecule is NNc1cc(NN2CCCCC2)ccn1. The first kappa shape index (κ1) is 10.2. The Hall–Kier alpha value is -1.33. The standard InChI is InChI=1S/C10H17N5/c11-13-10-8-9(4-5-12-10)14-15-6-2-1-3-7-15/h4-5,8H,1-3,6-7,11H2,(H2,12,13,14). The molecule has 82 valence electrons. The van der Waals surface area contributed by atoms with Crippen molar-refractivity contribution in [2.45, 2.75) is 19.3 Å². The van der Waals surface area contributed by atoms with Gasteiger partial charge in [0.2, 0.25) is 0 Å². The normalized spacial score (nSPS) is 17.4. The van der Waals surface area contributed by atoms with Crippen LogP contribution in [0.2, 0.25) is 0 Å². The molecule has 0 bridgehead atoms. The van der Waals surface area contributed by atoms with E-state index < -0.39 is 0 Å². The minimum absolute atomic E-state index is 0.678. The Morgan fingerprint density at radius 2 is 2.07 bits per heavy atom. The first-order valence-corrected chi connectivity index (χ1v) is 5.33. The second kappa shape index (κ2) is 4.95. The highest BCUT2D eigenvalue weighted by atomic mass is 15.5. The van der Waals surface area contributed by atoms with E-state index >= 15 is 0 Å². The molecule has 0 radical (unpaired) electrons. The number of pyridine rings is 1. The fourth-order valence-corrected chi connectivity index (χ4v) is 1.77. The zero-order chi connectivity index (χ0) is 10.5. The van der Waals surface area contributed by atoms with E-state index in [-0.39, 0.29) is 0 Å². The Kier molecular flexibility index (Phi) is 3.37. The van der Waals surface area contributed by atoms with Gasteiger partial charge in [-0.3, -0.25) is 0 Å². The monoisotopic (exact) mass is 207 g/mol. The molecule has 15 heavy (non-hydrogen) atoms. The molecule has 1 aromatic rings. The summed E-state index contributed by atoms with van der Waals surface area (Å²) in [6, 6.07) is 3.84. The molecule has 0 unspecified atom stereocenters. The fraction of sp³-hybridized carbons (Fsp3) is 0.500. The van der Waals surface area contributed by atoms with Gasteiger partial charge in [0.1, 0.15) is 5.82 Å². The number of hydrogen-bond acceptors (Lipinski definition) is 5. The van der Waals surface area contributed by atoms with Crippen molar-refractivity contribution in [3.63, 3.8) is 0 Å². The van der Waals surface area contributed by atoms with Crippen LogP contribution in [0.1, 0.15) is 19.3 Å². The van der Waals surface area contributed by atoms with Gasteiger partial charge in [-0.05, 0) is 18.9 Å². The van der Waals surface area contributed by atoms with Gasteiger partial charge in [-0.15, -0.1) is 0 Å². The van der Waals surface area contributed by atoms with Gasteiger partial charge in [0.05, 0.1) is 5.69 Å². The van der Waals surface area contributed by atoms with Crippen LogP contribution in [0.3, 0.4) is 0 Å². The molecule has 4 N–H and O–H groups in total. The summed E-state index contributed by atoms with van der Waals surface area (Å²) in [5, 5.41) is 2.24. The van der Waals surface area contributed by atoms with E-state index in [0.717, 1.165) is 18.8 Å². The van der Waals surface area contributed by atoms with Crippen LogP contribution in [0.15, 0.2) is 18.3 Å². The van der Waals surface area contributed by atoms with Crippen molar-refractivity contribution >= 4 is 11.5 Å². The van der Waals surface area contributed by atoms with Gasteiger partial charge in [0.25, 0.3) is 0 Å². The Morgan fingerprint density at radius 1 is 1.27 bits per heavy atom. The molecule has 0 aromatic carbocycles. The van der Waals surface area contributed by atoms with E-state index in [4.69, 9.17) is 5.84 Å². The first-order chi connectivity index (χ1) is 7.38. The van der Waals surface area contributed by atoms with Crippen LogP contribution in [-0.4, -0.2) is 23.1 Å². The molecule has 1 aliphatic rings. The highest BCUT2D eigenvalue weighted by molar-refractivity contribution is 5.50. The van der Waals surface area contributed by atoms with Crippen molar-refractivity contribution in [1.29, 1.82) is 0 Å². The maximum absolute atomic E-state index is 5.30. The number of hydrazine groups is 2. The summed E-state index contributed by atoms with van der Waals surface area (Å²) in [7, 11) is 0. The molecular weight excluding hydrogens is 190 g/mol. The second-order valence-corrected chi connectivity index (χ2v) is 3.73. The highest BCUT2D eigenvalue weighted by Gasteiger charge is 2.09. The van der Waals surface area contributed by atoms with Gasteiger partial charge >= 0.3 is 0 Å². The predicted octanol–water partition coefficient (Wildman–Crippen LogP) is 1.18. The molecule has 0 saturated carbocycles. The molecule has 5 nitrogen and oxygen atoms in total. The Morgan fingerprint density at radius 3 is 2.80 bits per heavy atom. The summed E-state index contributed by atoms with van der Waals surface area (Å²) in [4.78, 5) is 4.06. The van der Waals surface area contributed by atoms with Crippen LogP contribution in [0.4, 0.5) is 11.5 Å². The third kappa shape index (κ3) is 2.81. The van der Waals surface area contributed by atoms with Crippen LogP contribution in [0.5, 0.6) is 0 Å². The van der Waals surface area contributed by atoms with Crippen molar-refractivity contribution < 1.29 is 0 Å². The lowest BCUT2D eigenvalue weighted by atomic mass is 10.2. The summed E-state index contributed by atoms with van der Waals surface area (Å²) in [5.41, 5.74) is 6.92. The van der Waals surface area contributed by atoms with Gasteiger partial charge in [0, 0.05) is 25.4 Å². The van der Waals surface area contributed by atoms with E-state index in [1.54, 1.807) is 6.20 Å². The highest BCUT2D eigenvalue weighted by Crippen LogP contribution is 2.14. The molecule has 1 aliphatic heterocycles. The quantitative estimate of drug-likeness (QED) is 0.513. The molecule has 1 saturated heterocycles. The summed E-state index contributed by atoms with van der Waals surface area (Å²) in [5.74, 6) is 5.98. The predicted molar refractivity (Wildman–Crippen MR) is 61.1 cm³/mol. The minimum Gasteiger partial charge on any atom is -0.319 e. The number of nitrogens with two attached hydrogens (primary N) is 1. The van der Waals surface area contributed by atoms with Crippen LogP contribution in [0, 0.1) is 0 Å². The number of rotatable bonds is 3. The third-order valence-electron chi connectivity index (χ3n) is 2.55. The van der Waals surface area contributed by atoms with Crippen LogP contribution >= 0.6 is 0 Å². The molecule has 0 spiro atoms. The number of piperidine rings is 1. The zero-order valence-corrected chi connectivity index (χ0v) is 8.74. The van der Waals surface area contributed by atoms with Crippen molar-refractivity contribution in [1.82, 2.24) is 9.99 Å². The number of nitrogens with one attached hydrogen (secondary N) is 2. The topological polar surface area (TPSA) is 66.2 Å². The van der Waals surface area contributed by atoms with Crippen molar-refractivity contribution in [2.24, 2.45) is 5.84 Å². The van der Waals surface area contributed by atoms with Gasteiger partial charge in [-0.25, -0.2) is 15.8 Å². The Balaban J connectivity index is 1.96. The number of anilines is 2. The van der Waals surface area contributed by atoms with Crippen LogP contribution in [0.25, 0.3) is 0 Å². The maximum atomic E-state index is 5.30. The van der Waals surface area contributed by atoms with Crippen molar-refractivity contribution in [3.8, 4) is 0 Å². The lowest BCUT2D eigenvalue weighted by Crippen LogP contribution is -2.34. The van der Waals surface area contributed by atoms with Gasteiger partial charge in [-0.2, -0.15) is 0 Å². The molecule has 1 fully saturated rings. The molecule has 0 atom stereocenters. The smallest absolute Gasteiger partial charge is 0.141 e. The molecule has 1 aromatic heterocycles. The molecule has 0 aliphatic carbocycles. The van der Waals surface area contributed by atoms with E-state index in [1.165, 1.54) is 19.3 Å². The van der Waals surface area contributed by atoms with Gasteiger partial charge in [0.15, 0.2) is 0 Å². The molecule has 5 heteroatoms. The Bertz CT molecular complexity index is 308. The van der Waals surface area contributed by atoms with E-state index in [2.05, 4.69) is 20.8 Å². The lowest BCUT2D eigenvalue weighted by Gasteiger charge is -2.27. The largest absolute Gasteiger partial charge is 0.319 e. The third-order valence-corrected chi connectivity index (χ3v) is 2.55. The second-order valence-electron chi connectivity index (χ2n) is 3.73. The average molecular weight is 207 g/mol. The summed E-state index contributed by atoms with van der Waals surface area (Å²) < 4.78 is 0. The van der Waals surface area contributed by atoms with Crippen molar-refractivity contribution in [3.05, 3.63) is 18.3 Å². The number of hydrogen-bond donors (Lipinski definition) is 3. The molecule has 2 heterocycles. The van der Waals surface area contributed by atoms with Crippen LogP contribution in [-0.2, 0) is 0 Å². The lowest BCUT2D eigenvalue weighted by molar-refractivity contribution is 0.273. The van der Waals surface area contributed by atoms with E-state index in [9.17, 15) is 0 Å². The number of aromatic nitrogens is 1. The van der Waals surface area contributed by atoms with Crippen molar-refractivity contribution in [2.75, 3.05) is 23.9 Å². The number of nitrogens with zero attached hydrogens (tertiary/aromatic N) is 2. The summed E-state index contributed by atoms with van der Waals surface area (Å²) in [6.45, 7) is 2.21. The zero-order valence-electron chi connectivity index (χ0n) is 8.74. The summed E-state index contributed by atoms with van der Waals surface area (Å²) in [6.07, 6.45) is 5.60. The summed E-state index contributed by atoms with van der Waals surface area (Å²) >= 11 is 0. The fourth-order valence-electron chi connectivity index (χ4n) is 1.77. The van der Waals surface area contributed by atoms with Crippen LogP contribution < -0.4 is 16.7 Å². The molecule has 2 rings (SSSR count). The Labute approximate surface area is 89.6 Å². The van der Waals surface area contributed by atoms with Gasteiger partial charge < -0.3 is 10.9 Å². The molecular formula is C10H17N5. The minimum atomic E-state index is 0.678. The molecule has 0 amide bonds. The average Bonchev–Trinajstić information content (AvgIpc) is 2.31. The number of nitrogen functional groups attached to an aromatic ring is 1.